The first-order chi connectivity index (χ1) is 14.7. The van der Waals surface area contributed by atoms with Crippen molar-refractivity contribution < 1.29 is 4.79 Å². The molecule has 0 fully saturated rings. The Morgan fingerprint density at radius 3 is 2.53 bits per heavy atom. The van der Waals surface area contributed by atoms with Gasteiger partial charge in [0, 0.05) is 32.4 Å². The summed E-state index contributed by atoms with van der Waals surface area (Å²) >= 11 is 2.91. The highest BCUT2D eigenvalue weighted by atomic mass is 32.2. The van der Waals surface area contributed by atoms with Gasteiger partial charge in [0.2, 0.25) is 11.0 Å². The standard InChI is InChI=1S/C22H27N5OS2/c1-27(19-11-6-3-7-12-19)16-8-14-23-20(28)17-29-22-26-25-21(30-22)24-15-13-18-9-4-2-5-10-18/h2-7,9-12H,8,13-17H2,1H3,(H,23,28)(H,24,25). The molecule has 6 nitrogen and oxygen atoms in total. The molecule has 2 N–H and O–H groups in total. The molecule has 0 saturated heterocycles. The number of nitrogens with zero attached hydrogens (tertiary/aromatic N) is 3. The van der Waals surface area contributed by atoms with Crippen molar-refractivity contribution in [2.45, 2.75) is 17.2 Å². The predicted octanol–water partition coefficient (Wildman–Crippen LogP) is 3.93. The molecule has 0 aliphatic heterocycles. The van der Waals surface area contributed by atoms with Gasteiger partial charge in [-0.05, 0) is 30.5 Å². The summed E-state index contributed by atoms with van der Waals surface area (Å²) in [7, 11) is 2.06. The van der Waals surface area contributed by atoms with Crippen molar-refractivity contribution in [1.29, 1.82) is 0 Å². The van der Waals surface area contributed by atoms with Gasteiger partial charge in [-0.1, -0.05) is 71.6 Å². The van der Waals surface area contributed by atoms with Crippen LogP contribution in [-0.4, -0.2) is 48.5 Å². The van der Waals surface area contributed by atoms with Gasteiger partial charge < -0.3 is 15.5 Å². The summed E-state index contributed by atoms with van der Waals surface area (Å²) < 4.78 is 0.802. The molecule has 30 heavy (non-hydrogen) atoms. The molecular formula is C22H27N5OS2. The van der Waals surface area contributed by atoms with Gasteiger partial charge >= 0.3 is 0 Å². The number of carbonyl (C=O) groups excluding carboxylic acids is 1. The molecule has 0 unspecified atom stereocenters. The largest absolute Gasteiger partial charge is 0.375 e. The van der Waals surface area contributed by atoms with E-state index in [0.29, 0.717) is 12.3 Å². The van der Waals surface area contributed by atoms with Crippen molar-refractivity contribution in [2.75, 3.05) is 42.7 Å². The van der Waals surface area contributed by atoms with Crippen LogP contribution in [0, 0.1) is 0 Å². The molecule has 1 aromatic heterocycles. The van der Waals surface area contributed by atoms with E-state index in [0.717, 1.165) is 35.4 Å². The average molecular weight is 442 g/mol. The number of para-hydroxylation sites is 1. The van der Waals surface area contributed by atoms with Gasteiger partial charge in [0.1, 0.15) is 0 Å². The summed E-state index contributed by atoms with van der Waals surface area (Å²) in [5, 5.41) is 15.4. The number of hydrogen-bond acceptors (Lipinski definition) is 7. The van der Waals surface area contributed by atoms with E-state index in [9.17, 15) is 4.79 Å². The average Bonchev–Trinajstić information content (AvgIpc) is 3.24. The molecule has 0 radical (unpaired) electrons. The van der Waals surface area contributed by atoms with E-state index in [1.165, 1.54) is 34.3 Å². The maximum atomic E-state index is 12.1. The molecule has 8 heteroatoms. The van der Waals surface area contributed by atoms with Crippen LogP contribution in [0.5, 0.6) is 0 Å². The molecule has 1 amide bonds. The van der Waals surface area contributed by atoms with Crippen LogP contribution in [0.15, 0.2) is 65.0 Å². The van der Waals surface area contributed by atoms with Crippen molar-refractivity contribution in [3.63, 3.8) is 0 Å². The van der Waals surface area contributed by atoms with Gasteiger partial charge in [0.15, 0.2) is 4.34 Å². The maximum absolute atomic E-state index is 12.1. The topological polar surface area (TPSA) is 70.2 Å². The second-order valence-electron chi connectivity index (χ2n) is 6.78. The summed E-state index contributed by atoms with van der Waals surface area (Å²) in [6.07, 6.45) is 1.83. The Kier molecular flexibility index (Phi) is 8.99. The number of thioether (sulfide) groups is 1. The van der Waals surface area contributed by atoms with Crippen molar-refractivity contribution >= 4 is 39.8 Å². The zero-order chi connectivity index (χ0) is 21.0. The quantitative estimate of drug-likeness (QED) is 0.328. The Morgan fingerprint density at radius 1 is 1.03 bits per heavy atom. The van der Waals surface area contributed by atoms with E-state index < -0.39 is 0 Å². The monoisotopic (exact) mass is 441 g/mol. The summed E-state index contributed by atoms with van der Waals surface area (Å²) in [4.78, 5) is 14.3. The van der Waals surface area contributed by atoms with Gasteiger partial charge in [-0.2, -0.15) is 0 Å². The normalized spacial score (nSPS) is 10.6. The summed E-state index contributed by atoms with van der Waals surface area (Å²) in [6, 6.07) is 20.6. The van der Waals surface area contributed by atoms with Crippen molar-refractivity contribution in [3.05, 3.63) is 66.2 Å². The van der Waals surface area contributed by atoms with Crippen LogP contribution >= 0.6 is 23.1 Å². The molecule has 3 rings (SSSR count). The molecule has 0 atom stereocenters. The first-order valence-electron chi connectivity index (χ1n) is 9.98. The smallest absolute Gasteiger partial charge is 0.230 e. The zero-order valence-corrected chi connectivity index (χ0v) is 18.7. The molecule has 0 aliphatic carbocycles. The van der Waals surface area contributed by atoms with E-state index in [2.05, 4.69) is 57.0 Å². The number of aromatic nitrogens is 2. The van der Waals surface area contributed by atoms with Crippen molar-refractivity contribution in [3.8, 4) is 0 Å². The summed E-state index contributed by atoms with van der Waals surface area (Å²) in [5.74, 6) is 0.379. The van der Waals surface area contributed by atoms with Crippen LogP contribution in [0.2, 0.25) is 0 Å². The van der Waals surface area contributed by atoms with E-state index in [-0.39, 0.29) is 5.91 Å². The fourth-order valence-corrected chi connectivity index (χ4v) is 4.44. The number of amides is 1. The second-order valence-corrected chi connectivity index (χ2v) is 8.98. The van der Waals surface area contributed by atoms with Crippen LogP contribution in [0.1, 0.15) is 12.0 Å². The van der Waals surface area contributed by atoms with Gasteiger partial charge in [-0.15, -0.1) is 10.2 Å². The van der Waals surface area contributed by atoms with Gasteiger partial charge in [-0.25, -0.2) is 0 Å². The number of hydrogen-bond donors (Lipinski definition) is 2. The lowest BCUT2D eigenvalue weighted by Crippen LogP contribution is -2.29. The third-order valence-electron chi connectivity index (χ3n) is 4.46. The summed E-state index contributed by atoms with van der Waals surface area (Å²) in [6.45, 7) is 2.37. The second kappa shape index (κ2) is 12.2. The molecular weight excluding hydrogens is 414 g/mol. The number of carbonyl (C=O) groups is 1. The minimum atomic E-state index is 0.0242. The number of anilines is 2. The third kappa shape index (κ3) is 7.68. The third-order valence-corrected chi connectivity index (χ3v) is 6.47. The fourth-order valence-electron chi connectivity index (χ4n) is 2.83. The molecule has 158 valence electrons. The molecule has 0 aliphatic rings. The minimum Gasteiger partial charge on any atom is -0.375 e. The van der Waals surface area contributed by atoms with Crippen molar-refractivity contribution in [2.24, 2.45) is 0 Å². The Hall–Kier alpha value is -2.58. The molecule has 1 heterocycles. The highest BCUT2D eigenvalue weighted by molar-refractivity contribution is 8.01. The lowest BCUT2D eigenvalue weighted by atomic mass is 10.2. The highest BCUT2D eigenvalue weighted by Gasteiger charge is 2.08. The first-order valence-corrected chi connectivity index (χ1v) is 11.8. The van der Waals surface area contributed by atoms with E-state index in [1.54, 1.807) is 0 Å². The Labute approximate surface area is 186 Å². The number of nitrogens with one attached hydrogen (secondary N) is 2. The van der Waals surface area contributed by atoms with Crippen LogP contribution in [-0.2, 0) is 11.2 Å². The number of benzene rings is 2. The zero-order valence-electron chi connectivity index (χ0n) is 17.1. The molecule has 0 spiro atoms. The summed E-state index contributed by atoms with van der Waals surface area (Å²) in [5.41, 5.74) is 2.47. The first kappa shape index (κ1) is 22.1. The van der Waals surface area contributed by atoms with Crippen LogP contribution in [0.4, 0.5) is 10.8 Å². The lowest BCUT2D eigenvalue weighted by Gasteiger charge is -2.19. The van der Waals surface area contributed by atoms with Crippen LogP contribution < -0.4 is 15.5 Å². The SMILES string of the molecule is CN(CCCNC(=O)CSc1nnc(NCCc2ccccc2)s1)c1ccccc1. The lowest BCUT2D eigenvalue weighted by molar-refractivity contribution is -0.118. The predicted molar refractivity (Wildman–Crippen MR) is 127 cm³/mol. The Morgan fingerprint density at radius 2 is 1.77 bits per heavy atom. The fraction of sp³-hybridized carbons (Fsp3) is 0.318. The molecule has 0 saturated carbocycles. The van der Waals surface area contributed by atoms with Gasteiger partial charge in [0.05, 0.1) is 5.75 Å². The molecule has 2 aromatic carbocycles. The van der Waals surface area contributed by atoms with E-state index >= 15 is 0 Å². The highest BCUT2D eigenvalue weighted by Crippen LogP contribution is 2.25. The van der Waals surface area contributed by atoms with Crippen molar-refractivity contribution in [1.82, 2.24) is 15.5 Å². The molecule has 0 bridgehead atoms. The van der Waals surface area contributed by atoms with E-state index in [4.69, 9.17) is 0 Å². The van der Waals surface area contributed by atoms with Gasteiger partial charge in [0.25, 0.3) is 0 Å². The van der Waals surface area contributed by atoms with Crippen LogP contribution in [0.25, 0.3) is 0 Å². The van der Waals surface area contributed by atoms with Crippen LogP contribution in [0.3, 0.4) is 0 Å². The minimum absolute atomic E-state index is 0.0242. The van der Waals surface area contributed by atoms with Gasteiger partial charge in [-0.3, -0.25) is 4.79 Å². The maximum Gasteiger partial charge on any atom is 0.230 e. The number of rotatable bonds is 12. The Balaban J connectivity index is 1.27. The van der Waals surface area contributed by atoms with E-state index in [1.807, 2.05) is 36.4 Å². The Bertz CT molecular complexity index is 889. The molecule has 3 aromatic rings.